The molecule has 0 aromatic heterocycles. The molecule has 1 nitrogen and oxygen atoms in total. The van der Waals surface area contributed by atoms with Crippen LogP contribution in [0.5, 0.6) is 0 Å². The molecule has 0 saturated carbocycles. The number of hydrogen-bond acceptors (Lipinski definition) is 1. The van der Waals surface area contributed by atoms with Crippen molar-refractivity contribution in [3.8, 4) is 0 Å². The molecule has 0 amide bonds. The highest BCUT2D eigenvalue weighted by atomic mass is 16.3. The van der Waals surface area contributed by atoms with Gasteiger partial charge in [-0.05, 0) is 55.4 Å². The first kappa shape index (κ1) is 12.9. The second-order valence-electron chi connectivity index (χ2n) is 5.05. The van der Waals surface area contributed by atoms with Crippen molar-refractivity contribution in [2.45, 2.75) is 38.2 Å². The average molecular weight is 240 g/mol. The van der Waals surface area contributed by atoms with Gasteiger partial charge in [0.05, 0.1) is 0 Å². The molecule has 1 atom stereocenters. The maximum absolute atomic E-state index is 10.2. The van der Waals surface area contributed by atoms with Gasteiger partial charge in [0, 0.05) is 0 Å². The van der Waals surface area contributed by atoms with Gasteiger partial charge in [0.1, 0.15) is 5.60 Å². The number of benzene rings is 1. The van der Waals surface area contributed by atoms with Gasteiger partial charge >= 0.3 is 0 Å². The van der Waals surface area contributed by atoms with Crippen molar-refractivity contribution in [2.24, 2.45) is 0 Å². The van der Waals surface area contributed by atoms with Crippen LogP contribution in [0.15, 0.2) is 48.7 Å². The number of allylic oxidation sites excluding steroid dienone is 2. The summed E-state index contributed by atoms with van der Waals surface area (Å²) in [5.41, 5.74) is 5.25. The Morgan fingerprint density at radius 2 is 2.00 bits per heavy atom. The topological polar surface area (TPSA) is 20.2 Å². The lowest BCUT2D eigenvalue weighted by molar-refractivity contribution is 0.111. The van der Waals surface area contributed by atoms with Crippen molar-refractivity contribution in [3.05, 3.63) is 59.9 Å². The first-order chi connectivity index (χ1) is 8.63. The lowest BCUT2D eigenvalue weighted by Crippen LogP contribution is -2.17. The Morgan fingerprint density at radius 3 is 2.56 bits per heavy atom. The Balaban J connectivity index is 2.25. The molecule has 1 aromatic rings. The molecule has 1 N–H and O–H groups in total. The Labute approximate surface area is 109 Å². The van der Waals surface area contributed by atoms with Crippen LogP contribution < -0.4 is 0 Å². The molecule has 18 heavy (non-hydrogen) atoms. The van der Waals surface area contributed by atoms with Crippen LogP contribution in [0.2, 0.25) is 0 Å². The van der Waals surface area contributed by atoms with Crippen LogP contribution in [0.1, 0.15) is 43.7 Å². The van der Waals surface area contributed by atoms with Gasteiger partial charge in [0.25, 0.3) is 0 Å². The van der Waals surface area contributed by atoms with Crippen molar-refractivity contribution >= 4 is 5.57 Å². The zero-order valence-corrected chi connectivity index (χ0v) is 10.9. The molecule has 0 spiro atoms. The minimum atomic E-state index is -0.985. The molecular weight excluding hydrogens is 220 g/mol. The lowest BCUT2D eigenvalue weighted by atomic mass is 9.90. The number of aliphatic hydroxyl groups is 1. The van der Waals surface area contributed by atoms with Gasteiger partial charge in [0.15, 0.2) is 0 Å². The maximum atomic E-state index is 10.2. The SMILES string of the molecule is C=C=CC(C)(O)c1ccc(C2=CCCCC2)cc1. The molecule has 0 saturated heterocycles. The first-order valence-electron chi connectivity index (χ1n) is 6.53. The van der Waals surface area contributed by atoms with Crippen molar-refractivity contribution in [3.63, 3.8) is 0 Å². The van der Waals surface area contributed by atoms with Gasteiger partial charge < -0.3 is 5.11 Å². The molecule has 0 fully saturated rings. The molecule has 1 aliphatic carbocycles. The minimum absolute atomic E-state index is 0.874. The Hall–Kier alpha value is -1.56. The van der Waals surface area contributed by atoms with E-state index in [1.807, 2.05) is 12.1 Å². The summed E-state index contributed by atoms with van der Waals surface area (Å²) in [6, 6.07) is 8.16. The highest BCUT2D eigenvalue weighted by Gasteiger charge is 2.19. The molecule has 1 heteroatoms. The zero-order valence-electron chi connectivity index (χ0n) is 10.9. The highest BCUT2D eigenvalue weighted by molar-refractivity contribution is 5.66. The van der Waals surface area contributed by atoms with Gasteiger partial charge in [-0.3, -0.25) is 0 Å². The van der Waals surface area contributed by atoms with E-state index in [4.69, 9.17) is 0 Å². The predicted molar refractivity (Wildman–Crippen MR) is 76.2 cm³/mol. The van der Waals surface area contributed by atoms with Crippen LogP contribution in [0.3, 0.4) is 0 Å². The van der Waals surface area contributed by atoms with Crippen molar-refractivity contribution < 1.29 is 5.11 Å². The zero-order chi connectivity index (χ0) is 13.0. The fraction of sp³-hybridized carbons (Fsp3) is 0.353. The summed E-state index contributed by atoms with van der Waals surface area (Å²) in [6.45, 7) is 5.26. The standard InChI is InChI=1S/C17H20O/c1-3-13-17(2,18)16-11-9-15(10-12-16)14-7-5-4-6-8-14/h7,9-13,18H,1,4-6,8H2,2H3. The van der Waals surface area contributed by atoms with E-state index in [9.17, 15) is 5.11 Å². The molecule has 94 valence electrons. The van der Waals surface area contributed by atoms with E-state index in [1.54, 1.807) is 13.0 Å². The number of hydrogen-bond donors (Lipinski definition) is 1. The van der Waals surface area contributed by atoms with Gasteiger partial charge in [-0.1, -0.05) is 36.9 Å². The third-order valence-electron chi connectivity index (χ3n) is 3.51. The predicted octanol–water partition coefficient (Wildman–Crippen LogP) is 4.19. The van der Waals surface area contributed by atoms with E-state index in [1.165, 1.54) is 36.8 Å². The van der Waals surface area contributed by atoms with Gasteiger partial charge in [-0.2, -0.15) is 0 Å². The van der Waals surface area contributed by atoms with Crippen LogP contribution in [0.25, 0.3) is 5.57 Å². The van der Waals surface area contributed by atoms with E-state index >= 15 is 0 Å². The fourth-order valence-electron chi connectivity index (χ4n) is 2.40. The van der Waals surface area contributed by atoms with E-state index in [2.05, 4.69) is 30.5 Å². The van der Waals surface area contributed by atoms with E-state index in [0.717, 1.165) is 5.56 Å². The van der Waals surface area contributed by atoms with Crippen LogP contribution in [-0.2, 0) is 5.60 Å². The normalized spacial score (nSPS) is 18.4. The summed E-state index contributed by atoms with van der Waals surface area (Å²) < 4.78 is 0. The average Bonchev–Trinajstić information content (AvgIpc) is 2.40. The quantitative estimate of drug-likeness (QED) is 0.785. The Kier molecular flexibility index (Phi) is 3.86. The van der Waals surface area contributed by atoms with Gasteiger partial charge in [0.2, 0.25) is 0 Å². The molecule has 2 rings (SSSR count). The second-order valence-corrected chi connectivity index (χ2v) is 5.05. The minimum Gasteiger partial charge on any atom is -0.381 e. The number of rotatable bonds is 3. The molecule has 0 bridgehead atoms. The van der Waals surface area contributed by atoms with Crippen LogP contribution >= 0.6 is 0 Å². The summed E-state index contributed by atoms with van der Waals surface area (Å²) in [5.74, 6) is 0. The first-order valence-corrected chi connectivity index (χ1v) is 6.53. The molecular formula is C17H20O. The summed E-state index contributed by atoms with van der Waals surface area (Å²) in [7, 11) is 0. The third kappa shape index (κ3) is 2.81. The Bertz CT molecular complexity index is 485. The summed E-state index contributed by atoms with van der Waals surface area (Å²) in [5, 5.41) is 10.2. The second kappa shape index (κ2) is 5.39. The Morgan fingerprint density at radius 1 is 1.28 bits per heavy atom. The molecule has 1 unspecified atom stereocenters. The lowest BCUT2D eigenvalue weighted by Gasteiger charge is -2.19. The largest absolute Gasteiger partial charge is 0.381 e. The van der Waals surface area contributed by atoms with E-state index in [0.29, 0.717) is 0 Å². The molecule has 1 aliphatic rings. The van der Waals surface area contributed by atoms with E-state index in [-0.39, 0.29) is 0 Å². The van der Waals surface area contributed by atoms with Crippen LogP contribution in [0.4, 0.5) is 0 Å². The summed E-state index contributed by atoms with van der Waals surface area (Å²) in [6.07, 6.45) is 8.86. The monoisotopic (exact) mass is 240 g/mol. The van der Waals surface area contributed by atoms with Crippen molar-refractivity contribution in [2.75, 3.05) is 0 Å². The molecule has 1 aromatic carbocycles. The van der Waals surface area contributed by atoms with Crippen molar-refractivity contribution in [1.82, 2.24) is 0 Å². The maximum Gasteiger partial charge on any atom is 0.112 e. The third-order valence-corrected chi connectivity index (χ3v) is 3.51. The van der Waals surface area contributed by atoms with Gasteiger partial charge in [-0.15, -0.1) is 5.73 Å². The van der Waals surface area contributed by atoms with Crippen molar-refractivity contribution in [1.29, 1.82) is 0 Å². The fourth-order valence-corrected chi connectivity index (χ4v) is 2.40. The van der Waals surface area contributed by atoms with Crippen LogP contribution in [-0.4, -0.2) is 5.11 Å². The smallest absolute Gasteiger partial charge is 0.112 e. The van der Waals surface area contributed by atoms with Crippen LogP contribution in [0, 0.1) is 0 Å². The molecule has 0 heterocycles. The molecule has 0 radical (unpaired) electrons. The molecule has 0 aliphatic heterocycles. The summed E-state index contributed by atoms with van der Waals surface area (Å²) >= 11 is 0. The summed E-state index contributed by atoms with van der Waals surface area (Å²) in [4.78, 5) is 0. The van der Waals surface area contributed by atoms with E-state index < -0.39 is 5.60 Å². The van der Waals surface area contributed by atoms with Gasteiger partial charge in [-0.25, -0.2) is 0 Å². The highest BCUT2D eigenvalue weighted by Crippen LogP contribution is 2.29.